The van der Waals surface area contributed by atoms with E-state index in [0.29, 0.717) is 25.7 Å². The number of aryl methyl sites for hydroxylation is 1. The number of benzene rings is 1. The van der Waals surface area contributed by atoms with Crippen LogP contribution in [0.2, 0.25) is 5.02 Å². The van der Waals surface area contributed by atoms with Gasteiger partial charge in [-0.1, -0.05) is 31.5 Å². The molecule has 1 aromatic carbocycles. The molecule has 1 unspecified atom stereocenters. The lowest BCUT2D eigenvalue weighted by atomic mass is 10.0. The maximum Gasteiger partial charge on any atom is 0.242 e. The maximum atomic E-state index is 12.5. The van der Waals surface area contributed by atoms with E-state index < -0.39 is 10.0 Å². The summed E-state index contributed by atoms with van der Waals surface area (Å²) >= 11 is 6.09. The van der Waals surface area contributed by atoms with E-state index in [9.17, 15) is 8.42 Å². The van der Waals surface area contributed by atoms with E-state index in [2.05, 4.69) is 23.5 Å². The fraction of sp³-hybridized carbons (Fsp3) is 0.625. The number of morpholine rings is 1. The molecule has 0 bridgehead atoms. The van der Waals surface area contributed by atoms with Crippen molar-refractivity contribution in [1.29, 1.82) is 0 Å². The number of hydrogen-bond donors (Lipinski definition) is 1. The van der Waals surface area contributed by atoms with Gasteiger partial charge < -0.3 is 4.74 Å². The number of sulfonamides is 1. The number of nitrogens with one attached hydrogen (secondary N) is 1. The molecule has 1 atom stereocenters. The second kappa shape index (κ2) is 7.94. The molecule has 1 fully saturated rings. The van der Waals surface area contributed by atoms with Gasteiger partial charge in [-0.25, -0.2) is 13.1 Å². The van der Waals surface area contributed by atoms with Crippen LogP contribution in [-0.2, 0) is 14.8 Å². The lowest BCUT2D eigenvalue weighted by molar-refractivity contribution is 0.00776. The smallest absolute Gasteiger partial charge is 0.242 e. The average molecular weight is 361 g/mol. The van der Waals surface area contributed by atoms with Crippen LogP contribution in [0.5, 0.6) is 0 Å². The lowest BCUT2D eigenvalue weighted by Gasteiger charge is -2.36. The van der Waals surface area contributed by atoms with Crippen molar-refractivity contribution in [3.63, 3.8) is 0 Å². The fourth-order valence-corrected chi connectivity index (χ4v) is 4.44. The fourth-order valence-electron chi connectivity index (χ4n) is 2.79. The summed E-state index contributed by atoms with van der Waals surface area (Å²) in [5, 5.41) is 0.255. The van der Waals surface area contributed by atoms with Gasteiger partial charge in [-0.05, 0) is 30.5 Å². The molecule has 0 aromatic heterocycles. The Morgan fingerprint density at radius 3 is 2.52 bits per heavy atom. The van der Waals surface area contributed by atoms with E-state index in [0.717, 1.165) is 18.7 Å². The zero-order valence-electron chi connectivity index (χ0n) is 13.9. The highest BCUT2D eigenvalue weighted by Crippen LogP contribution is 2.22. The molecule has 0 saturated carbocycles. The number of ether oxygens (including phenoxy) is 1. The van der Waals surface area contributed by atoms with Gasteiger partial charge >= 0.3 is 0 Å². The van der Waals surface area contributed by atoms with Crippen molar-refractivity contribution in [2.75, 3.05) is 32.8 Å². The molecule has 1 aliphatic heterocycles. The third kappa shape index (κ3) is 4.90. The number of hydrogen-bond acceptors (Lipinski definition) is 4. The first-order valence-corrected chi connectivity index (χ1v) is 9.75. The number of halogens is 1. The van der Waals surface area contributed by atoms with Crippen molar-refractivity contribution in [1.82, 2.24) is 9.62 Å². The molecule has 130 valence electrons. The summed E-state index contributed by atoms with van der Waals surface area (Å²) in [5.41, 5.74) is 0.933. The molecule has 1 aliphatic rings. The van der Waals surface area contributed by atoms with Crippen LogP contribution in [0, 0.1) is 12.8 Å². The Morgan fingerprint density at radius 2 is 1.96 bits per heavy atom. The molecule has 1 N–H and O–H groups in total. The van der Waals surface area contributed by atoms with Gasteiger partial charge in [0.2, 0.25) is 10.0 Å². The molecule has 23 heavy (non-hydrogen) atoms. The van der Waals surface area contributed by atoms with Crippen LogP contribution in [-0.4, -0.2) is 52.2 Å². The standard InChI is InChI=1S/C16H25ClN2O3S/c1-12(2)15(19-6-8-22-9-7-19)11-18-23(20,21)16-5-4-13(3)10-14(16)17/h4-5,10,12,15,18H,6-9,11H2,1-3H3. The van der Waals surface area contributed by atoms with E-state index >= 15 is 0 Å². The minimum absolute atomic E-state index is 0.134. The number of nitrogens with zero attached hydrogens (tertiary/aromatic N) is 1. The Hall–Kier alpha value is -0.660. The van der Waals surface area contributed by atoms with Gasteiger partial charge in [-0.3, -0.25) is 4.90 Å². The third-order valence-electron chi connectivity index (χ3n) is 4.14. The highest BCUT2D eigenvalue weighted by Gasteiger charge is 2.26. The van der Waals surface area contributed by atoms with E-state index in [-0.39, 0.29) is 16.0 Å². The van der Waals surface area contributed by atoms with Gasteiger partial charge in [0.25, 0.3) is 0 Å². The molecule has 0 aliphatic carbocycles. The minimum Gasteiger partial charge on any atom is -0.379 e. The molecule has 0 amide bonds. The first kappa shape index (κ1) is 18.7. The van der Waals surface area contributed by atoms with E-state index in [1.807, 2.05) is 6.92 Å². The summed E-state index contributed by atoms with van der Waals surface area (Å²) in [4.78, 5) is 2.42. The van der Waals surface area contributed by atoms with Crippen molar-refractivity contribution < 1.29 is 13.2 Å². The zero-order chi connectivity index (χ0) is 17.0. The summed E-state index contributed by atoms with van der Waals surface area (Å²) in [5.74, 6) is 0.337. The SMILES string of the molecule is Cc1ccc(S(=O)(=O)NCC(C(C)C)N2CCOCC2)c(Cl)c1. The Morgan fingerprint density at radius 1 is 1.30 bits per heavy atom. The first-order valence-electron chi connectivity index (χ1n) is 7.89. The van der Waals surface area contributed by atoms with E-state index in [4.69, 9.17) is 16.3 Å². The third-order valence-corrected chi connectivity index (χ3v) is 6.05. The first-order chi connectivity index (χ1) is 10.8. The van der Waals surface area contributed by atoms with Gasteiger partial charge in [-0.15, -0.1) is 0 Å². The molecule has 0 radical (unpaired) electrons. The van der Waals surface area contributed by atoms with Gasteiger partial charge in [0, 0.05) is 25.7 Å². The number of rotatable bonds is 6. The zero-order valence-corrected chi connectivity index (χ0v) is 15.5. The van der Waals surface area contributed by atoms with Crippen molar-refractivity contribution in [3.05, 3.63) is 28.8 Å². The molecule has 2 rings (SSSR count). The molecule has 1 aromatic rings. The van der Waals surface area contributed by atoms with Gasteiger partial charge in [0.15, 0.2) is 0 Å². The van der Waals surface area contributed by atoms with Crippen LogP contribution in [0.15, 0.2) is 23.1 Å². The Kier molecular flexibility index (Phi) is 6.45. The summed E-state index contributed by atoms with van der Waals surface area (Å²) in [7, 11) is -3.61. The Labute approximate surface area is 144 Å². The predicted octanol–water partition coefficient (Wildman–Crippen LogP) is 2.28. The molecular formula is C16H25ClN2O3S. The lowest BCUT2D eigenvalue weighted by Crippen LogP contribution is -2.51. The quantitative estimate of drug-likeness (QED) is 0.845. The van der Waals surface area contributed by atoms with Gasteiger partial charge in [-0.2, -0.15) is 0 Å². The topological polar surface area (TPSA) is 58.6 Å². The summed E-state index contributed by atoms with van der Waals surface area (Å²) in [6.45, 7) is 9.50. The second-order valence-corrected chi connectivity index (χ2v) is 8.39. The maximum absolute atomic E-state index is 12.5. The predicted molar refractivity (Wildman–Crippen MR) is 92.4 cm³/mol. The molecule has 1 heterocycles. The molecular weight excluding hydrogens is 336 g/mol. The normalized spacial score (nSPS) is 18.3. The summed E-state index contributed by atoms with van der Waals surface area (Å²) in [6, 6.07) is 5.11. The van der Waals surface area contributed by atoms with Crippen LogP contribution in [0.1, 0.15) is 19.4 Å². The van der Waals surface area contributed by atoms with Gasteiger partial charge in [0.1, 0.15) is 4.90 Å². The molecule has 0 spiro atoms. The highest BCUT2D eigenvalue weighted by molar-refractivity contribution is 7.89. The largest absolute Gasteiger partial charge is 0.379 e. The van der Waals surface area contributed by atoms with Gasteiger partial charge in [0.05, 0.1) is 18.2 Å². The van der Waals surface area contributed by atoms with Crippen molar-refractivity contribution in [3.8, 4) is 0 Å². The van der Waals surface area contributed by atoms with Crippen LogP contribution >= 0.6 is 11.6 Å². The highest BCUT2D eigenvalue weighted by atomic mass is 35.5. The van der Waals surface area contributed by atoms with Crippen molar-refractivity contribution in [2.45, 2.75) is 31.7 Å². The summed E-state index contributed by atoms with van der Waals surface area (Å²) in [6.07, 6.45) is 0. The molecule has 1 saturated heterocycles. The molecule has 7 heteroatoms. The minimum atomic E-state index is -3.61. The van der Waals surface area contributed by atoms with E-state index in [1.54, 1.807) is 18.2 Å². The Balaban J connectivity index is 2.09. The Bertz CT molecular complexity index is 628. The van der Waals surface area contributed by atoms with Crippen LogP contribution in [0.4, 0.5) is 0 Å². The van der Waals surface area contributed by atoms with E-state index in [1.165, 1.54) is 0 Å². The monoisotopic (exact) mass is 360 g/mol. The summed E-state index contributed by atoms with van der Waals surface area (Å²) < 4.78 is 33.2. The molecule has 5 nitrogen and oxygen atoms in total. The van der Waals surface area contributed by atoms with Crippen molar-refractivity contribution >= 4 is 21.6 Å². The van der Waals surface area contributed by atoms with Crippen LogP contribution in [0.3, 0.4) is 0 Å². The van der Waals surface area contributed by atoms with Crippen molar-refractivity contribution in [2.24, 2.45) is 5.92 Å². The second-order valence-electron chi connectivity index (χ2n) is 6.25. The average Bonchev–Trinajstić information content (AvgIpc) is 2.47. The van der Waals surface area contributed by atoms with Crippen LogP contribution < -0.4 is 4.72 Å². The van der Waals surface area contributed by atoms with Crippen LogP contribution in [0.25, 0.3) is 0 Å².